The Balaban J connectivity index is 2.50. The van der Waals surface area contributed by atoms with E-state index in [2.05, 4.69) is 47.9 Å². The Hall–Kier alpha value is -0.810. The summed E-state index contributed by atoms with van der Waals surface area (Å²) in [6, 6.07) is 0.946. The summed E-state index contributed by atoms with van der Waals surface area (Å²) >= 11 is 0. The number of aliphatic imine (C=N–C) groups is 1. The van der Waals surface area contributed by atoms with E-state index in [9.17, 15) is 0 Å². The summed E-state index contributed by atoms with van der Waals surface area (Å²) in [6.07, 6.45) is 1.21. The smallest absolute Gasteiger partial charge is 0.208 e. The molecule has 17 heavy (non-hydrogen) atoms. The fraction of sp³-hybridized carbons (Fsp3) is 0.917. The van der Waals surface area contributed by atoms with Crippen LogP contribution in [0.3, 0.4) is 0 Å². The first-order valence-corrected chi connectivity index (χ1v) is 6.61. The molecule has 5 heteroatoms. The first-order valence-electron chi connectivity index (χ1n) is 6.61. The molecular weight excluding hydrogens is 214 g/mol. The quantitative estimate of drug-likeness (QED) is 0.329. The fourth-order valence-corrected chi connectivity index (χ4v) is 2.09. The molecule has 1 aliphatic heterocycles. The number of rotatable bonds is 3. The van der Waals surface area contributed by atoms with E-state index in [1.54, 1.807) is 0 Å². The van der Waals surface area contributed by atoms with Crippen LogP contribution < -0.4 is 11.3 Å². The second-order valence-electron chi connectivity index (χ2n) is 4.97. The molecule has 100 valence electrons. The normalized spacial score (nSPS) is 20.8. The molecule has 1 fully saturated rings. The predicted molar refractivity (Wildman–Crippen MR) is 72.8 cm³/mol. The number of nitrogens with zero attached hydrogens (tertiary/aromatic N) is 3. The van der Waals surface area contributed by atoms with Crippen LogP contribution in [0.15, 0.2) is 4.99 Å². The van der Waals surface area contributed by atoms with E-state index in [4.69, 9.17) is 5.84 Å². The second-order valence-corrected chi connectivity index (χ2v) is 4.97. The molecule has 0 saturated carbocycles. The molecule has 1 atom stereocenters. The molecule has 0 amide bonds. The maximum atomic E-state index is 5.54. The molecule has 0 aromatic heterocycles. The van der Waals surface area contributed by atoms with Gasteiger partial charge in [0.15, 0.2) is 0 Å². The van der Waals surface area contributed by atoms with E-state index in [1.165, 1.54) is 6.42 Å². The lowest BCUT2D eigenvalue weighted by Crippen LogP contribution is -2.55. The number of hydrogen-bond acceptors (Lipinski definition) is 3. The Morgan fingerprint density at radius 1 is 1.24 bits per heavy atom. The van der Waals surface area contributed by atoms with Crippen molar-refractivity contribution < 1.29 is 0 Å². The van der Waals surface area contributed by atoms with Gasteiger partial charge in [-0.2, -0.15) is 0 Å². The molecule has 1 rings (SSSR count). The van der Waals surface area contributed by atoms with E-state index in [0.717, 1.165) is 32.1 Å². The largest absolute Gasteiger partial charge is 0.339 e. The molecule has 0 aromatic rings. The highest BCUT2D eigenvalue weighted by molar-refractivity contribution is 5.79. The third kappa shape index (κ3) is 4.16. The molecule has 5 nitrogen and oxygen atoms in total. The molecule has 0 aromatic carbocycles. The van der Waals surface area contributed by atoms with Gasteiger partial charge in [0.25, 0.3) is 0 Å². The topological polar surface area (TPSA) is 56.9 Å². The van der Waals surface area contributed by atoms with Gasteiger partial charge in [-0.15, -0.1) is 0 Å². The monoisotopic (exact) mass is 241 g/mol. The van der Waals surface area contributed by atoms with Gasteiger partial charge >= 0.3 is 0 Å². The van der Waals surface area contributed by atoms with Crippen LogP contribution in [0.4, 0.5) is 0 Å². The van der Waals surface area contributed by atoms with Crippen molar-refractivity contribution in [1.29, 1.82) is 0 Å². The van der Waals surface area contributed by atoms with Gasteiger partial charge in [-0.25, -0.2) is 10.8 Å². The van der Waals surface area contributed by atoms with Crippen LogP contribution in [0.1, 0.15) is 34.1 Å². The van der Waals surface area contributed by atoms with Gasteiger partial charge in [0.1, 0.15) is 0 Å². The van der Waals surface area contributed by atoms with E-state index in [0.29, 0.717) is 6.04 Å². The molecule has 0 radical (unpaired) electrons. The average molecular weight is 241 g/mol. The maximum absolute atomic E-state index is 5.54. The molecule has 0 aliphatic carbocycles. The van der Waals surface area contributed by atoms with Crippen LogP contribution in [-0.2, 0) is 0 Å². The average Bonchev–Trinajstić information content (AvgIpc) is 2.35. The first kappa shape index (κ1) is 14.3. The molecule has 3 N–H and O–H groups in total. The summed E-state index contributed by atoms with van der Waals surface area (Å²) in [5.41, 5.74) is 2.72. The van der Waals surface area contributed by atoms with Crippen LogP contribution in [0.25, 0.3) is 0 Å². The number of hydrogen-bond donors (Lipinski definition) is 2. The number of nitrogens with one attached hydrogen (secondary N) is 1. The minimum absolute atomic E-state index is 0.272. The van der Waals surface area contributed by atoms with Gasteiger partial charge in [-0.1, -0.05) is 6.92 Å². The Morgan fingerprint density at radius 3 is 2.24 bits per heavy atom. The highest BCUT2D eigenvalue weighted by Crippen LogP contribution is 2.08. The summed E-state index contributed by atoms with van der Waals surface area (Å²) < 4.78 is 0. The van der Waals surface area contributed by atoms with Crippen LogP contribution in [0, 0.1) is 0 Å². The number of hydrazine groups is 1. The van der Waals surface area contributed by atoms with Crippen molar-refractivity contribution in [3.05, 3.63) is 0 Å². The lowest BCUT2D eigenvalue weighted by atomic mass is 10.2. The van der Waals surface area contributed by atoms with Crippen LogP contribution >= 0.6 is 0 Å². The summed E-state index contributed by atoms with van der Waals surface area (Å²) in [6.45, 7) is 12.8. The summed E-state index contributed by atoms with van der Waals surface area (Å²) in [5.74, 6) is 6.36. The van der Waals surface area contributed by atoms with Crippen molar-refractivity contribution in [3.8, 4) is 0 Å². The van der Waals surface area contributed by atoms with Gasteiger partial charge in [-0.3, -0.25) is 10.3 Å². The third-order valence-electron chi connectivity index (χ3n) is 3.34. The van der Waals surface area contributed by atoms with E-state index in [-0.39, 0.29) is 6.04 Å². The lowest BCUT2D eigenvalue weighted by Gasteiger charge is -2.39. The Morgan fingerprint density at radius 2 is 1.82 bits per heavy atom. The zero-order valence-corrected chi connectivity index (χ0v) is 11.6. The Kier molecular flexibility index (Phi) is 5.71. The molecule has 0 bridgehead atoms. The van der Waals surface area contributed by atoms with Crippen LogP contribution in [0.5, 0.6) is 0 Å². The highest BCUT2D eigenvalue weighted by atomic mass is 15.4. The Bertz CT molecular complexity index is 243. The molecule has 1 saturated heterocycles. The van der Waals surface area contributed by atoms with Gasteiger partial charge in [-0.05, 0) is 27.2 Å². The number of piperazine rings is 1. The zero-order chi connectivity index (χ0) is 12.8. The molecule has 1 unspecified atom stereocenters. The van der Waals surface area contributed by atoms with Crippen molar-refractivity contribution in [2.24, 2.45) is 10.8 Å². The van der Waals surface area contributed by atoms with E-state index in [1.807, 2.05) is 0 Å². The van der Waals surface area contributed by atoms with Crippen molar-refractivity contribution in [2.45, 2.75) is 46.2 Å². The zero-order valence-electron chi connectivity index (χ0n) is 11.6. The van der Waals surface area contributed by atoms with Crippen molar-refractivity contribution in [3.63, 3.8) is 0 Å². The predicted octanol–water partition coefficient (Wildman–Crippen LogP) is 0.630. The summed E-state index contributed by atoms with van der Waals surface area (Å²) in [7, 11) is 0. The van der Waals surface area contributed by atoms with Crippen LogP contribution in [-0.4, -0.2) is 54.0 Å². The van der Waals surface area contributed by atoms with Gasteiger partial charge < -0.3 is 4.90 Å². The standard InChI is InChI=1S/C12H27N5/c1-5-11(4)16-6-8-17(9-7-16)12(15-13)14-10(2)3/h10-11H,5-9,13H2,1-4H3,(H,14,15). The fourth-order valence-electron chi connectivity index (χ4n) is 2.09. The minimum Gasteiger partial charge on any atom is -0.339 e. The maximum Gasteiger partial charge on any atom is 0.208 e. The van der Waals surface area contributed by atoms with Crippen molar-refractivity contribution in [2.75, 3.05) is 26.2 Å². The van der Waals surface area contributed by atoms with Crippen molar-refractivity contribution >= 4 is 5.96 Å². The van der Waals surface area contributed by atoms with E-state index >= 15 is 0 Å². The number of nitrogens with two attached hydrogens (primary N) is 1. The Labute approximate surface area is 105 Å². The number of guanidine groups is 1. The van der Waals surface area contributed by atoms with Crippen molar-refractivity contribution in [1.82, 2.24) is 15.2 Å². The summed E-state index contributed by atoms with van der Waals surface area (Å²) in [4.78, 5) is 9.26. The lowest BCUT2D eigenvalue weighted by molar-refractivity contribution is 0.135. The molecule has 1 aliphatic rings. The van der Waals surface area contributed by atoms with Gasteiger partial charge in [0.2, 0.25) is 5.96 Å². The van der Waals surface area contributed by atoms with E-state index < -0.39 is 0 Å². The molecule has 1 heterocycles. The highest BCUT2D eigenvalue weighted by Gasteiger charge is 2.21. The third-order valence-corrected chi connectivity index (χ3v) is 3.34. The molecular formula is C12H27N5. The SMILES string of the molecule is CCC(C)N1CCN(C(=NC(C)C)NN)CC1. The van der Waals surface area contributed by atoms with Crippen LogP contribution in [0.2, 0.25) is 0 Å². The minimum atomic E-state index is 0.272. The molecule has 0 spiro atoms. The second kappa shape index (κ2) is 6.81. The van der Waals surface area contributed by atoms with Gasteiger partial charge in [0.05, 0.1) is 0 Å². The summed E-state index contributed by atoms with van der Waals surface area (Å²) in [5, 5.41) is 0. The van der Waals surface area contributed by atoms with Gasteiger partial charge in [0, 0.05) is 38.3 Å². The first-order chi connectivity index (χ1) is 8.08.